The minimum atomic E-state index is -4.45. The maximum atomic E-state index is 12.4. The summed E-state index contributed by atoms with van der Waals surface area (Å²) in [5, 5.41) is 0.188. The largest absolute Gasteiger partial charge is 0.416 e. The number of hydrogen-bond donors (Lipinski definition) is 0. The normalized spacial score (nSPS) is 12.0. The summed E-state index contributed by atoms with van der Waals surface area (Å²) >= 11 is 5.56. The monoisotopic (exact) mass is 234 g/mol. The van der Waals surface area contributed by atoms with Crippen molar-refractivity contribution < 1.29 is 18.0 Å². The highest BCUT2D eigenvalue weighted by molar-refractivity contribution is 6.30. The minimum absolute atomic E-state index is 0.123. The van der Waals surface area contributed by atoms with Crippen LogP contribution in [0.2, 0.25) is 5.02 Å². The van der Waals surface area contributed by atoms with Crippen LogP contribution in [0.5, 0.6) is 0 Å². The molecule has 15 heavy (non-hydrogen) atoms. The first kappa shape index (κ1) is 11.8. The first-order valence-corrected chi connectivity index (χ1v) is 4.31. The van der Waals surface area contributed by atoms with Crippen LogP contribution >= 0.6 is 11.6 Å². The molecule has 0 saturated heterocycles. The van der Waals surface area contributed by atoms with Crippen LogP contribution in [-0.2, 0) is 11.0 Å². The Morgan fingerprint density at radius 3 is 2.47 bits per heavy atom. The van der Waals surface area contributed by atoms with E-state index < -0.39 is 11.7 Å². The van der Waals surface area contributed by atoms with E-state index in [-0.39, 0.29) is 10.6 Å². The zero-order chi connectivity index (χ0) is 11.5. The maximum absolute atomic E-state index is 12.4. The van der Waals surface area contributed by atoms with Crippen molar-refractivity contribution in [3.63, 3.8) is 0 Å². The van der Waals surface area contributed by atoms with E-state index in [0.717, 1.165) is 30.4 Å². The van der Waals surface area contributed by atoms with E-state index in [2.05, 4.69) is 0 Å². The van der Waals surface area contributed by atoms with E-state index in [4.69, 9.17) is 11.6 Å². The highest BCUT2D eigenvalue weighted by atomic mass is 35.5. The van der Waals surface area contributed by atoms with Gasteiger partial charge in [0.15, 0.2) is 0 Å². The molecular weight excluding hydrogens is 229 g/mol. The predicted octanol–water partition coefficient (Wildman–Crippen LogP) is 3.57. The lowest BCUT2D eigenvalue weighted by Crippen LogP contribution is -2.07. The lowest BCUT2D eigenvalue weighted by atomic mass is 10.1. The van der Waals surface area contributed by atoms with Crippen LogP contribution in [0.4, 0.5) is 13.2 Å². The van der Waals surface area contributed by atoms with Gasteiger partial charge >= 0.3 is 6.18 Å². The number of carbonyl (C=O) groups excluding carboxylic acids is 1. The summed E-state index contributed by atoms with van der Waals surface area (Å²) in [6.07, 6.45) is -1.99. The molecule has 0 aliphatic heterocycles. The summed E-state index contributed by atoms with van der Waals surface area (Å²) in [6.45, 7) is 0. The summed E-state index contributed by atoms with van der Waals surface area (Å²) in [5.74, 6) is 0. The zero-order valence-electron chi connectivity index (χ0n) is 7.38. The average molecular weight is 235 g/mol. The highest BCUT2D eigenvalue weighted by Crippen LogP contribution is 2.33. The third-order valence-corrected chi connectivity index (χ3v) is 1.91. The summed E-state index contributed by atoms with van der Waals surface area (Å²) in [5.41, 5.74) is -0.938. The van der Waals surface area contributed by atoms with Crippen LogP contribution in [0.25, 0.3) is 6.08 Å². The second-order valence-electron chi connectivity index (χ2n) is 2.72. The summed E-state index contributed by atoms with van der Waals surface area (Å²) in [4.78, 5) is 10.0. The van der Waals surface area contributed by atoms with Gasteiger partial charge in [0.2, 0.25) is 0 Å². The fourth-order valence-electron chi connectivity index (χ4n) is 1.07. The van der Waals surface area contributed by atoms with Gasteiger partial charge < -0.3 is 0 Å². The number of hydrogen-bond acceptors (Lipinski definition) is 1. The van der Waals surface area contributed by atoms with Gasteiger partial charge in [0.05, 0.1) is 5.56 Å². The average Bonchev–Trinajstić information content (AvgIpc) is 2.12. The molecule has 0 bridgehead atoms. The number of halogens is 4. The van der Waals surface area contributed by atoms with Crippen molar-refractivity contribution in [2.45, 2.75) is 6.18 Å². The second kappa shape index (κ2) is 4.49. The molecule has 0 saturated carbocycles. The molecule has 0 spiro atoms. The summed E-state index contributed by atoms with van der Waals surface area (Å²) < 4.78 is 37.3. The molecule has 1 aromatic carbocycles. The van der Waals surface area contributed by atoms with Crippen LogP contribution in [0.15, 0.2) is 24.3 Å². The van der Waals surface area contributed by atoms with Gasteiger partial charge in [-0.05, 0) is 29.8 Å². The Kier molecular flexibility index (Phi) is 3.52. The first-order valence-electron chi connectivity index (χ1n) is 3.94. The van der Waals surface area contributed by atoms with Crippen molar-refractivity contribution in [2.24, 2.45) is 0 Å². The molecule has 0 aliphatic carbocycles. The first-order chi connectivity index (χ1) is 6.95. The molecule has 1 rings (SSSR count). The molecule has 0 N–H and O–H groups in total. The molecule has 1 nitrogen and oxygen atoms in total. The number of benzene rings is 1. The maximum Gasteiger partial charge on any atom is 0.416 e. The molecule has 0 unspecified atom stereocenters. The highest BCUT2D eigenvalue weighted by Gasteiger charge is 2.32. The number of rotatable bonds is 2. The number of alkyl halides is 3. The van der Waals surface area contributed by atoms with Gasteiger partial charge in [0, 0.05) is 5.02 Å². The Hall–Kier alpha value is -1.29. The van der Waals surface area contributed by atoms with Gasteiger partial charge in [0.25, 0.3) is 0 Å². The van der Waals surface area contributed by atoms with Gasteiger partial charge in [-0.25, -0.2) is 0 Å². The molecule has 0 fully saturated rings. The molecule has 5 heteroatoms. The van der Waals surface area contributed by atoms with E-state index in [1.54, 1.807) is 0 Å². The van der Waals surface area contributed by atoms with E-state index in [0.29, 0.717) is 6.29 Å². The van der Waals surface area contributed by atoms with Gasteiger partial charge in [-0.15, -0.1) is 0 Å². The van der Waals surface area contributed by atoms with E-state index in [1.807, 2.05) is 0 Å². The van der Waals surface area contributed by atoms with Crippen LogP contribution in [0.1, 0.15) is 11.1 Å². The fraction of sp³-hybridized carbons (Fsp3) is 0.100. The quantitative estimate of drug-likeness (QED) is 0.565. The van der Waals surface area contributed by atoms with Crippen LogP contribution in [-0.4, -0.2) is 6.29 Å². The lowest BCUT2D eigenvalue weighted by Gasteiger charge is -2.10. The molecule has 0 aromatic heterocycles. The zero-order valence-corrected chi connectivity index (χ0v) is 8.14. The van der Waals surface area contributed by atoms with Crippen molar-refractivity contribution in [3.05, 3.63) is 40.4 Å². The Morgan fingerprint density at radius 2 is 1.93 bits per heavy atom. The second-order valence-corrected chi connectivity index (χ2v) is 3.16. The molecule has 80 valence electrons. The number of allylic oxidation sites excluding steroid dienone is 1. The molecule has 0 radical (unpaired) electrons. The minimum Gasteiger partial charge on any atom is -0.299 e. The standard InChI is InChI=1S/C10H6ClF3O/c11-8-3-4-9(10(12,13)14)7(6-8)2-1-5-15/h1-6H. The SMILES string of the molecule is O=CC=Cc1cc(Cl)ccc1C(F)(F)F. The third-order valence-electron chi connectivity index (χ3n) is 1.67. The summed E-state index contributed by atoms with van der Waals surface area (Å²) in [6, 6.07) is 3.19. The van der Waals surface area contributed by atoms with Crippen molar-refractivity contribution in [2.75, 3.05) is 0 Å². The van der Waals surface area contributed by atoms with Crippen molar-refractivity contribution in [1.29, 1.82) is 0 Å². The molecule has 0 aliphatic rings. The van der Waals surface area contributed by atoms with Crippen molar-refractivity contribution >= 4 is 24.0 Å². The Morgan fingerprint density at radius 1 is 1.27 bits per heavy atom. The van der Waals surface area contributed by atoms with Crippen LogP contribution < -0.4 is 0 Å². The number of carbonyl (C=O) groups is 1. The van der Waals surface area contributed by atoms with Crippen LogP contribution in [0.3, 0.4) is 0 Å². The molecular formula is C10H6ClF3O. The van der Waals surface area contributed by atoms with Crippen molar-refractivity contribution in [1.82, 2.24) is 0 Å². The molecule has 1 aromatic rings. The third kappa shape index (κ3) is 3.09. The molecule has 0 atom stereocenters. The van der Waals surface area contributed by atoms with Gasteiger partial charge in [-0.2, -0.15) is 13.2 Å². The van der Waals surface area contributed by atoms with E-state index >= 15 is 0 Å². The van der Waals surface area contributed by atoms with E-state index in [1.165, 1.54) is 0 Å². The molecule has 0 heterocycles. The predicted molar refractivity (Wildman–Crippen MR) is 51.6 cm³/mol. The van der Waals surface area contributed by atoms with E-state index in [9.17, 15) is 18.0 Å². The Labute approximate surface area is 89.2 Å². The Bertz CT molecular complexity index is 396. The summed E-state index contributed by atoms with van der Waals surface area (Å²) in [7, 11) is 0. The van der Waals surface area contributed by atoms with Crippen LogP contribution in [0, 0.1) is 0 Å². The van der Waals surface area contributed by atoms with Gasteiger partial charge in [0.1, 0.15) is 6.29 Å². The van der Waals surface area contributed by atoms with Gasteiger partial charge in [-0.3, -0.25) is 4.79 Å². The number of aldehydes is 1. The van der Waals surface area contributed by atoms with Crippen molar-refractivity contribution in [3.8, 4) is 0 Å². The van der Waals surface area contributed by atoms with Gasteiger partial charge in [-0.1, -0.05) is 17.7 Å². The lowest BCUT2D eigenvalue weighted by molar-refractivity contribution is -0.137. The Balaban J connectivity index is 3.26. The molecule has 0 amide bonds. The smallest absolute Gasteiger partial charge is 0.299 e. The fourth-order valence-corrected chi connectivity index (χ4v) is 1.25. The topological polar surface area (TPSA) is 17.1 Å².